The van der Waals surface area contributed by atoms with Gasteiger partial charge >= 0.3 is 0 Å². The van der Waals surface area contributed by atoms with E-state index in [-0.39, 0.29) is 17.9 Å². The first kappa shape index (κ1) is 15.7. The molecule has 1 N–H and O–H groups in total. The number of nitrogens with one attached hydrogen (secondary N) is 1. The Morgan fingerprint density at radius 2 is 2.35 bits per heavy atom. The number of pyridine rings is 1. The third-order valence-corrected chi connectivity index (χ3v) is 3.98. The molecular formula is C17H22N4O2. The summed E-state index contributed by atoms with van der Waals surface area (Å²) in [6.07, 6.45) is 5.54. The summed E-state index contributed by atoms with van der Waals surface area (Å²) in [6.45, 7) is 5.43. The Kier molecular flexibility index (Phi) is 4.71. The van der Waals surface area contributed by atoms with Gasteiger partial charge in [-0.3, -0.25) is 4.79 Å². The molecule has 1 aliphatic heterocycles. The Labute approximate surface area is 135 Å². The van der Waals surface area contributed by atoms with Gasteiger partial charge in [-0.05, 0) is 30.9 Å². The minimum absolute atomic E-state index is 0.105. The Hall–Kier alpha value is -2.21. The number of carbonyl (C=O) groups excluding carboxylic acids is 1. The van der Waals surface area contributed by atoms with Gasteiger partial charge in [0, 0.05) is 19.3 Å². The second-order valence-corrected chi connectivity index (χ2v) is 6.04. The van der Waals surface area contributed by atoms with E-state index in [0.717, 1.165) is 31.0 Å². The summed E-state index contributed by atoms with van der Waals surface area (Å²) in [4.78, 5) is 16.9. The SMILES string of the molecule is CC(C)c1c(C(=O)NC[C@@H]2CCCO2)cnn1-c1ccccn1. The molecule has 0 saturated carbocycles. The van der Waals surface area contributed by atoms with Gasteiger partial charge in [0.1, 0.15) is 0 Å². The third kappa shape index (κ3) is 3.42. The van der Waals surface area contributed by atoms with E-state index in [4.69, 9.17) is 4.74 Å². The van der Waals surface area contributed by atoms with Gasteiger partial charge in [0.25, 0.3) is 5.91 Å². The molecule has 0 radical (unpaired) electrons. The van der Waals surface area contributed by atoms with E-state index in [1.54, 1.807) is 17.1 Å². The zero-order chi connectivity index (χ0) is 16.2. The van der Waals surface area contributed by atoms with Crippen LogP contribution in [0.2, 0.25) is 0 Å². The Morgan fingerprint density at radius 3 is 3.00 bits per heavy atom. The number of hydrogen-bond acceptors (Lipinski definition) is 4. The van der Waals surface area contributed by atoms with Crippen molar-refractivity contribution >= 4 is 5.91 Å². The van der Waals surface area contributed by atoms with E-state index in [2.05, 4.69) is 15.4 Å². The molecule has 0 aliphatic carbocycles. The van der Waals surface area contributed by atoms with Crippen molar-refractivity contribution in [3.63, 3.8) is 0 Å². The van der Waals surface area contributed by atoms with Crippen LogP contribution in [0.5, 0.6) is 0 Å². The lowest BCUT2D eigenvalue weighted by molar-refractivity contribution is 0.0856. The van der Waals surface area contributed by atoms with Crippen LogP contribution in [-0.2, 0) is 4.74 Å². The highest BCUT2D eigenvalue weighted by Gasteiger charge is 2.23. The molecule has 6 nitrogen and oxygen atoms in total. The van der Waals surface area contributed by atoms with Crippen LogP contribution < -0.4 is 5.32 Å². The molecule has 0 bridgehead atoms. The first-order valence-corrected chi connectivity index (χ1v) is 8.06. The van der Waals surface area contributed by atoms with Crippen molar-refractivity contribution in [1.29, 1.82) is 0 Å². The number of ether oxygens (including phenoxy) is 1. The molecule has 1 fully saturated rings. The van der Waals surface area contributed by atoms with Gasteiger partial charge in [0.2, 0.25) is 0 Å². The summed E-state index contributed by atoms with van der Waals surface area (Å²) in [5.74, 6) is 0.767. The van der Waals surface area contributed by atoms with E-state index in [9.17, 15) is 4.79 Å². The maximum atomic E-state index is 12.5. The summed E-state index contributed by atoms with van der Waals surface area (Å²) in [5.41, 5.74) is 1.47. The van der Waals surface area contributed by atoms with E-state index in [1.165, 1.54) is 0 Å². The first-order valence-electron chi connectivity index (χ1n) is 8.06. The second kappa shape index (κ2) is 6.91. The maximum absolute atomic E-state index is 12.5. The number of rotatable bonds is 5. The van der Waals surface area contributed by atoms with Crippen LogP contribution in [0.3, 0.4) is 0 Å². The van der Waals surface area contributed by atoms with Gasteiger partial charge in [-0.15, -0.1) is 0 Å². The van der Waals surface area contributed by atoms with Gasteiger partial charge in [-0.1, -0.05) is 19.9 Å². The predicted molar refractivity (Wildman–Crippen MR) is 86.8 cm³/mol. The van der Waals surface area contributed by atoms with E-state index < -0.39 is 0 Å². The van der Waals surface area contributed by atoms with Crippen molar-refractivity contribution in [2.75, 3.05) is 13.2 Å². The standard InChI is InChI=1S/C17H22N4O2/c1-12(2)16-14(17(22)19-10-13-6-5-9-23-13)11-20-21(16)15-7-3-4-8-18-15/h3-4,7-8,11-13H,5-6,9-10H2,1-2H3,(H,19,22)/t13-/m0/s1. The van der Waals surface area contributed by atoms with Crippen LogP contribution in [0, 0.1) is 0 Å². The molecule has 1 saturated heterocycles. The zero-order valence-electron chi connectivity index (χ0n) is 13.5. The van der Waals surface area contributed by atoms with Gasteiger partial charge in [0.05, 0.1) is 23.6 Å². The van der Waals surface area contributed by atoms with Gasteiger partial charge in [0.15, 0.2) is 5.82 Å². The van der Waals surface area contributed by atoms with E-state index in [1.807, 2.05) is 32.0 Å². The highest BCUT2D eigenvalue weighted by molar-refractivity contribution is 5.95. The lowest BCUT2D eigenvalue weighted by Gasteiger charge is -2.13. The quantitative estimate of drug-likeness (QED) is 0.919. The topological polar surface area (TPSA) is 69.0 Å². The normalized spacial score (nSPS) is 17.6. The number of amides is 1. The summed E-state index contributed by atoms with van der Waals surface area (Å²) < 4.78 is 7.29. The fourth-order valence-electron chi connectivity index (χ4n) is 2.86. The van der Waals surface area contributed by atoms with Crippen molar-refractivity contribution in [2.45, 2.75) is 38.7 Å². The molecule has 2 aromatic heterocycles. The molecule has 0 aromatic carbocycles. The maximum Gasteiger partial charge on any atom is 0.254 e. The molecule has 6 heteroatoms. The zero-order valence-corrected chi connectivity index (χ0v) is 13.5. The number of carbonyl (C=O) groups is 1. The highest BCUT2D eigenvalue weighted by Crippen LogP contribution is 2.22. The molecule has 0 unspecified atom stereocenters. The Bertz CT molecular complexity index is 660. The average Bonchev–Trinajstić information content (AvgIpc) is 3.22. The molecule has 2 aromatic rings. The third-order valence-electron chi connectivity index (χ3n) is 3.98. The summed E-state index contributed by atoms with van der Waals surface area (Å²) >= 11 is 0. The highest BCUT2D eigenvalue weighted by atomic mass is 16.5. The van der Waals surface area contributed by atoms with Gasteiger partial charge < -0.3 is 10.1 Å². The van der Waals surface area contributed by atoms with Crippen LogP contribution >= 0.6 is 0 Å². The van der Waals surface area contributed by atoms with Crippen molar-refractivity contribution in [2.24, 2.45) is 0 Å². The fourth-order valence-corrected chi connectivity index (χ4v) is 2.86. The molecule has 1 aliphatic rings. The molecule has 1 amide bonds. The largest absolute Gasteiger partial charge is 0.376 e. The number of nitrogens with zero attached hydrogens (tertiary/aromatic N) is 3. The van der Waals surface area contributed by atoms with Crippen molar-refractivity contribution in [1.82, 2.24) is 20.1 Å². The molecular weight excluding hydrogens is 292 g/mol. The second-order valence-electron chi connectivity index (χ2n) is 6.04. The summed E-state index contributed by atoms with van der Waals surface area (Å²) in [6, 6.07) is 5.65. The Balaban J connectivity index is 1.81. The lowest BCUT2D eigenvalue weighted by atomic mass is 10.1. The van der Waals surface area contributed by atoms with Crippen LogP contribution in [-0.4, -0.2) is 39.9 Å². The van der Waals surface area contributed by atoms with Crippen LogP contribution in [0.1, 0.15) is 48.7 Å². The Morgan fingerprint density at radius 1 is 1.48 bits per heavy atom. The molecule has 122 valence electrons. The molecule has 1 atom stereocenters. The van der Waals surface area contributed by atoms with Gasteiger partial charge in [-0.2, -0.15) is 5.10 Å². The monoisotopic (exact) mass is 314 g/mol. The molecule has 23 heavy (non-hydrogen) atoms. The smallest absolute Gasteiger partial charge is 0.254 e. The van der Waals surface area contributed by atoms with E-state index in [0.29, 0.717) is 12.1 Å². The molecule has 3 heterocycles. The van der Waals surface area contributed by atoms with Crippen LogP contribution in [0.25, 0.3) is 5.82 Å². The fraction of sp³-hybridized carbons (Fsp3) is 0.471. The van der Waals surface area contributed by atoms with Crippen molar-refractivity contribution < 1.29 is 9.53 Å². The molecule has 3 rings (SSSR count). The number of aromatic nitrogens is 3. The van der Waals surface area contributed by atoms with E-state index >= 15 is 0 Å². The van der Waals surface area contributed by atoms with Crippen LogP contribution in [0.15, 0.2) is 30.6 Å². The number of hydrogen-bond donors (Lipinski definition) is 1. The van der Waals surface area contributed by atoms with Crippen molar-refractivity contribution in [3.8, 4) is 5.82 Å². The average molecular weight is 314 g/mol. The first-order chi connectivity index (χ1) is 11.2. The van der Waals surface area contributed by atoms with Gasteiger partial charge in [-0.25, -0.2) is 9.67 Å². The summed E-state index contributed by atoms with van der Waals surface area (Å²) in [5, 5.41) is 7.33. The minimum Gasteiger partial charge on any atom is -0.376 e. The van der Waals surface area contributed by atoms with Crippen LogP contribution in [0.4, 0.5) is 0 Å². The lowest BCUT2D eigenvalue weighted by Crippen LogP contribution is -2.32. The minimum atomic E-state index is -0.105. The summed E-state index contributed by atoms with van der Waals surface area (Å²) in [7, 11) is 0. The van der Waals surface area contributed by atoms with Crippen molar-refractivity contribution in [3.05, 3.63) is 41.9 Å². The molecule has 0 spiro atoms. The predicted octanol–water partition coefficient (Wildman–Crippen LogP) is 2.30.